The molecule has 1 atom stereocenters. The van der Waals surface area contributed by atoms with Crippen molar-refractivity contribution in [3.8, 4) is 11.5 Å². The predicted molar refractivity (Wildman–Crippen MR) is 122 cm³/mol. The van der Waals surface area contributed by atoms with Crippen LogP contribution in [-0.4, -0.2) is 39.9 Å². The lowest BCUT2D eigenvalue weighted by Crippen LogP contribution is -2.43. The quantitative estimate of drug-likeness (QED) is 0.655. The summed E-state index contributed by atoms with van der Waals surface area (Å²) in [7, 11) is 0. The molecule has 0 radical (unpaired) electrons. The zero-order chi connectivity index (χ0) is 22.7. The van der Waals surface area contributed by atoms with Gasteiger partial charge in [-0.1, -0.05) is 56.3 Å². The fourth-order valence-corrected chi connectivity index (χ4v) is 3.81. The number of hydrogen-bond donors (Lipinski definition) is 1. The van der Waals surface area contributed by atoms with Crippen molar-refractivity contribution in [2.24, 2.45) is 5.92 Å². The summed E-state index contributed by atoms with van der Waals surface area (Å²) >= 11 is 0. The lowest BCUT2D eigenvalue weighted by molar-refractivity contribution is -0.121. The summed E-state index contributed by atoms with van der Waals surface area (Å²) in [5, 5.41) is 7.04. The van der Waals surface area contributed by atoms with E-state index in [9.17, 15) is 9.59 Å². The van der Waals surface area contributed by atoms with Crippen LogP contribution >= 0.6 is 0 Å². The highest BCUT2D eigenvalue weighted by molar-refractivity contribution is 6.00. The summed E-state index contributed by atoms with van der Waals surface area (Å²) < 4.78 is 5.49. The topological polar surface area (TPSA) is 88.3 Å². The second-order valence-electron chi connectivity index (χ2n) is 9.16. The van der Waals surface area contributed by atoms with Gasteiger partial charge in [-0.2, -0.15) is 4.98 Å². The maximum Gasteiger partial charge on any atom is 0.258 e. The van der Waals surface area contributed by atoms with Crippen LogP contribution in [0.2, 0.25) is 0 Å². The Hall–Kier alpha value is -3.48. The summed E-state index contributed by atoms with van der Waals surface area (Å²) in [6, 6.07) is 16.6. The maximum absolute atomic E-state index is 13.4. The van der Waals surface area contributed by atoms with Gasteiger partial charge in [0.2, 0.25) is 5.91 Å². The molecule has 1 fully saturated rings. The standard InChI is InChI=1S/C25H28N4O3/c1-25(2,3)24-27-22(32-28-24)19-13-7-8-14-20(19)23(31)29-15-9-10-17(16-29)21(30)26-18-11-5-4-6-12-18/h4-8,11-14,17H,9-10,15-16H2,1-3H3,(H,26,30). The van der Waals surface area contributed by atoms with Gasteiger partial charge in [0, 0.05) is 24.2 Å². The van der Waals surface area contributed by atoms with Crippen molar-refractivity contribution >= 4 is 17.5 Å². The average Bonchev–Trinajstić information content (AvgIpc) is 3.30. The number of carbonyl (C=O) groups is 2. The van der Waals surface area contributed by atoms with Gasteiger partial charge >= 0.3 is 0 Å². The molecular formula is C25H28N4O3. The maximum atomic E-state index is 13.4. The average molecular weight is 433 g/mol. The molecule has 0 spiro atoms. The molecule has 32 heavy (non-hydrogen) atoms. The monoisotopic (exact) mass is 432 g/mol. The van der Waals surface area contributed by atoms with E-state index in [4.69, 9.17) is 4.52 Å². The Labute approximate surface area is 187 Å². The number of nitrogens with one attached hydrogen (secondary N) is 1. The third kappa shape index (κ3) is 4.72. The first-order valence-corrected chi connectivity index (χ1v) is 10.9. The predicted octanol–water partition coefficient (Wildman–Crippen LogP) is 4.53. The molecule has 2 amide bonds. The molecule has 1 unspecified atom stereocenters. The molecule has 1 aliphatic rings. The van der Waals surface area contributed by atoms with Crippen molar-refractivity contribution in [3.63, 3.8) is 0 Å². The normalized spacial score (nSPS) is 16.6. The van der Waals surface area contributed by atoms with Gasteiger partial charge in [0.15, 0.2) is 5.82 Å². The molecule has 4 rings (SSSR count). The third-order valence-corrected chi connectivity index (χ3v) is 5.61. The van der Waals surface area contributed by atoms with Crippen LogP contribution in [0.5, 0.6) is 0 Å². The molecule has 1 aromatic heterocycles. The van der Waals surface area contributed by atoms with Gasteiger partial charge in [0.1, 0.15) is 0 Å². The summed E-state index contributed by atoms with van der Waals surface area (Å²) in [6.07, 6.45) is 1.53. The van der Waals surface area contributed by atoms with Crippen molar-refractivity contribution in [1.82, 2.24) is 15.0 Å². The van der Waals surface area contributed by atoms with Gasteiger partial charge in [0.05, 0.1) is 17.0 Å². The van der Waals surface area contributed by atoms with Crippen LogP contribution in [0.3, 0.4) is 0 Å². The molecule has 0 aliphatic carbocycles. The van der Waals surface area contributed by atoms with Gasteiger partial charge in [-0.3, -0.25) is 9.59 Å². The molecule has 2 heterocycles. The van der Waals surface area contributed by atoms with Crippen LogP contribution in [0.25, 0.3) is 11.5 Å². The number of aromatic nitrogens is 2. The number of hydrogen-bond acceptors (Lipinski definition) is 5. The number of carbonyl (C=O) groups excluding carboxylic acids is 2. The number of anilines is 1. The lowest BCUT2D eigenvalue weighted by Gasteiger charge is -2.32. The number of benzene rings is 2. The number of piperidine rings is 1. The van der Waals surface area contributed by atoms with Crippen LogP contribution in [0, 0.1) is 5.92 Å². The van der Waals surface area contributed by atoms with Gasteiger partial charge < -0.3 is 14.7 Å². The van der Waals surface area contributed by atoms with Crippen LogP contribution in [0.4, 0.5) is 5.69 Å². The lowest BCUT2D eigenvalue weighted by atomic mass is 9.95. The van der Waals surface area contributed by atoms with Crippen LogP contribution in [0.1, 0.15) is 49.8 Å². The molecule has 2 aromatic carbocycles. The molecule has 3 aromatic rings. The smallest absolute Gasteiger partial charge is 0.258 e. The first kappa shape index (κ1) is 21.7. The van der Waals surface area contributed by atoms with Gasteiger partial charge in [-0.25, -0.2) is 0 Å². The Kier molecular flexibility index (Phi) is 6.08. The van der Waals surface area contributed by atoms with E-state index < -0.39 is 0 Å². The van der Waals surface area contributed by atoms with E-state index >= 15 is 0 Å². The van der Waals surface area contributed by atoms with E-state index in [1.54, 1.807) is 11.0 Å². The third-order valence-electron chi connectivity index (χ3n) is 5.61. The minimum Gasteiger partial charge on any atom is -0.338 e. The van der Waals surface area contributed by atoms with Crippen molar-refractivity contribution in [2.45, 2.75) is 39.0 Å². The fraction of sp³-hybridized carbons (Fsp3) is 0.360. The van der Waals surface area contributed by atoms with E-state index in [1.807, 2.05) is 69.3 Å². The molecule has 166 valence electrons. The van der Waals surface area contributed by atoms with Crippen molar-refractivity contribution in [3.05, 3.63) is 66.0 Å². The van der Waals surface area contributed by atoms with E-state index in [2.05, 4.69) is 15.5 Å². The second kappa shape index (κ2) is 8.94. The summed E-state index contributed by atoms with van der Waals surface area (Å²) in [5.74, 6) is 0.470. The van der Waals surface area contributed by atoms with Crippen LogP contribution in [0.15, 0.2) is 59.1 Å². The number of likely N-dealkylation sites (tertiary alicyclic amines) is 1. The van der Waals surface area contributed by atoms with Crippen LogP contribution < -0.4 is 5.32 Å². The van der Waals surface area contributed by atoms with E-state index in [0.29, 0.717) is 35.9 Å². The number of para-hydroxylation sites is 1. The Morgan fingerprint density at radius 1 is 1.06 bits per heavy atom. The Bertz CT molecular complexity index is 1100. The summed E-state index contributed by atoms with van der Waals surface area (Å²) in [5.41, 5.74) is 1.61. The highest BCUT2D eigenvalue weighted by atomic mass is 16.5. The number of nitrogens with zero attached hydrogens (tertiary/aromatic N) is 3. The molecule has 0 bridgehead atoms. The molecule has 1 saturated heterocycles. The Balaban J connectivity index is 1.52. The van der Waals surface area contributed by atoms with Crippen molar-refractivity contribution in [2.75, 3.05) is 18.4 Å². The molecule has 1 N–H and O–H groups in total. The SMILES string of the molecule is CC(C)(C)c1noc(-c2ccccc2C(=O)N2CCCC(C(=O)Nc3ccccc3)C2)n1. The molecule has 7 nitrogen and oxygen atoms in total. The van der Waals surface area contributed by atoms with Crippen molar-refractivity contribution < 1.29 is 14.1 Å². The Morgan fingerprint density at radius 2 is 1.78 bits per heavy atom. The number of amides is 2. The minimum atomic E-state index is -0.257. The van der Waals surface area contributed by atoms with Gasteiger partial charge in [-0.05, 0) is 37.1 Å². The molecular weight excluding hydrogens is 404 g/mol. The fourth-order valence-electron chi connectivity index (χ4n) is 3.81. The summed E-state index contributed by atoms with van der Waals surface area (Å²) in [6.45, 7) is 7.01. The summed E-state index contributed by atoms with van der Waals surface area (Å²) in [4.78, 5) is 32.5. The van der Waals surface area contributed by atoms with E-state index in [0.717, 1.165) is 18.5 Å². The van der Waals surface area contributed by atoms with Crippen molar-refractivity contribution in [1.29, 1.82) is 0 Å². The van der Waals surface area contributed by atoms with Gasteiger partial charge in [-0.15, -0.1) is 0 Å². The highest BCUT2D eigenvalue weighted by Crippen LogP contribution is 2.28. The van der Waals surface area contributed by atoms with E-state index in [-0.39, 0.29) is 23.1 Å². The Morgan fingerprint density at radius 3 is 2.50 bits per heavy atom. The van der Waals surface area contributed by atoms with E-state index in [1.165, 1.54) is 0 Å². The highest BCUT2D eigenvalue weighted by Gasteiger charge is 2.31. The first-order valence-electron chi connectivity index (χ1n) is 10.9. The molecule has 1 aliphatic heterocycles. The minimum absolute atomic E-state index is 0.0614. The molecule has 0 saturated carbocycles. The van der Waals surface area contributed by atoms with Gasteiger partial charge in [0.25, 0.3) is 11.8 Å². The second-order valence-corrected chi connectivity index (χ2v) is 9.16. The zero-order valence-corrected chi connectivity index (χ0v) is 18.7. The zero-order valence-electron chi connectivity index (χ0n) is 18.7. The largest absolute Gasteiger partial charge is 0.338 e. The first-order chi connectivity index (χ1) is 15.3. The van der Waals surface area contributed by atoms with Crippen LogP contribution in [-0.2, 0) is 10.2 Å². The molecule has 7 heteroatoms. The number of rotatable bonds is 4.